The average Bonchev–Trinajstić information content (AvgIpc) is 3.14. The molecule has 4 rings (SSSR count). The van der Waals surface area contributed by atoms with Gasteiger partial charge in [0.1, 0.15) is 4.83 Å². The maximum absolute atomic E-state index is 5.38. The zero-order valence-electron chi connectivity index (χ0n) is 11.2. The Balaban J connectivity index is 1.40. The number of ether oxygens (including phenoxy) is 2. The molecule has 1 N–H and O–H groups in total. The number of nitrogens with zero attached hydrogens (tertiary/aromatic N) is 2. The maximum atomic E-state index is 5.38. The lowest BCUT2D eigenvalue weighted by molar-refractivity contribution is 0.174. The zero-order chi connectivity index (χ0) is 14.1. The predicted octanol–water partition coefficient (Wildman–Crippen LogP) is 3.07. The van der Waals surface area contributed by atoms with Gasteiger partial charge in [-0.05, 0) is 35.6 Å². The minimum absolute atomic E-state index is 0.311. The van der Waals surface area contributed by atoms with Crippen molar-refractivity contribution in [2.45, 2.75) is 6.42 Å². The van der Waals surface area contributed by atoms with Crippen LogP contribution < -0.4 is 14.8 Å². The molecule has 0 saturated heterocycles. The van der Waals surface area contributed by atoms with Crippen molar-refractivity contribution in [3.63, 3.8) is 0 Å². The van der Waals surface area contributed by atoms with E-state index >= 15 is 0 Å². The summed E-state index contributed by atoms with van der Waals surface area (Å²) in [6, 6.07) is 8.05. The van der Waals surface area contributed by atoms with Crippen molar-refractivity contribution < 1.29 is 9.47 Å². The topological polar surface area (TPSA) is 56.3 Å². The fourth-order valence-corrected chi connectivity index (χ4v) is 3.00. The molecule has 0 fully saturated rings. The van der Waals surface area contributed by atoms with E-state index in [2.05, 4.69) is 21.4 Å². The molecule has 3 aromatic rings. The Kier molecular flexibility index (Phi) is 3.08. The van der Waals surface area contributed by atoms with Crippen LogP contribution >= 0.6 is 11.3 Å². The van der Waals surface area contributed by atoms with E-state index in [-0.39, 0.29) is 0 Å². The van der Waals surface area contributed by atoms with E-state index in [0.29, 0.717) is 12.7 Å². The number of anilines is 1. The van der Waals surface area contributed by atoms with Crippen molar-refractivity contribution in [1.82, 2.24) is 9.97 Å². The molecular weight excluding hydrogens is 286 g/mol. The molecule has 0 radical (unpaired) electrons. The summed E-state index contributed by atoms with van der Waals surface area (Å²) >= 11 is 1.62. The van der Waals surface area contributed by atoms with Gasteiger partial charge in [-0.2, -0.15) is 0 Å². The van der Waals surface area contributed by atoms with Gasteiger partial charge in [0.25, 0.3) is 0 Å². The molecule has 6 heteroatoms. The molecule has 0 saturated carbocycles. The lowest BCUT2D eigenvalue weighted by Crippen LogP contribution is -2.07. The fourth-order valence-electron chi connectivity index (χ4n) is 2.26. The molecule has 106 valence electrons. The van der Waals surface area contributed by atoms with Crippen molar-refractivity contribution >= 4 is 27.5 Å². The Labute approximate surface area is 125 Å². The Morgan fingerprint density at radius 3 is 3.14 bits per heavy atom. The molecule has 2 aromatic heterocycles. The highest BCUT2D eigenvalue weighted by Crippen LogP contribution is 2.32. The Bertz CT molecular complexity index is 787. The fraction of sp³-hybridized carbons (Fsp3) is 0.200. The Hall–Kier alpha value is -2.34. The number of thiophene rings is 1. The van der Waals surface area contributed by atoms with Crippen molar-refractivity contribution in [3.8, 4) is 11.5 Å². The highest BCUT2D eigenvalue weighted by molar-refractivity contribution is 7.16. The van der Waals surface area contributed by atoms with Gasteiger partial charge < -0.3 is 14.8 Å². The van der Waals surface area contributed by atoms with Crippen LogP contribution in [0.3, 0.4) is 0 Å². The van der Waals surface area contributed by atoms with E-state index in [0.717, 1.165) is 34.7 Å². The minimum atomic E-state index is 0.311. The number of aromatic nitrogens is 2. The summed E-state index contributed by atoms with van der Waals surface area (Å²) in [5.41, 5.74) is 1.20. The molecule has 0 unspecified atom stereocenters. The summed E-state index contributed by atoms with van der Waals surface area (Å²) in [4.78, 5) is 9.79. The third-order valence-corrected chi connectivity index (χ3v) is 4.16. The van der Waals surface area contributed by atoms with Crippen molar-refractivity contribution in [3.05, 3.63) is 41.4 Å². The first-order valence-corrected chi connectivity index (χ1v) is 7.59. The summed E-state index contributed by atoms with van der Waals surface area (Å²) in [5, 5.41) is 6.36. The van der Waals surface area contributed by atoms with E-state index in [9.17, 15) is 0 Å². The van der Waals surface area contributed by atoms with Crippen LogP contribution in [-0.4, -0.2) is 23.3 Å². The van der Waals surface area contributed by atoms with Crippen LogP contribution in [0.1, 0.15) is 5.56 Å². The van der Waals surface area contributed by atoms with Crippen LogP contribution in [0.15, 0.2) is 35.8 Å². The van der Waals surface area contributed by atoms with E-state index in [4.69, 9.17) is 9.47 Å². The highest BCUT2D eigenvalue weighted by atomic mass is 32.1. The molecule has 1 aliphatic heterocycles. The van der Waals surface area contributed by atoms with Crippen LogP contribution in [0, 0.1) is 0 Å². The van der Waals surface area contributed by atoms with Crippen LogP contribution in [0.25, 0.3) is 10.2 Å². The zero-order valence-corrected chi connectivity index (χ0v) is 12.0. The third-order valence-electron chi connectivity index (χ3n) is 3.34. The average molecular weight is 299 g/mol. The number of hydrogen-bond acceptors (Lipinski definition) is 6. The number of benzene rings is 1. The second-order valence-electron chi connectivity index (χ2n) is 4.74. The van der Waals surface area contributed by atoms with E-state index in [1.165, 1.54) is 5.56 Å². The van der Waals surface area contributed by atoms with E-state index in [1.807, 2.05) is 29.8 Å². The van der Waals surface area contributed by atoms with Gasteiger partial charge >= 0.3 is 0 Å². The predicted molar refractivity (Wildman–Crippen MR) is 82.2 cm³/mol. The second kappa shape index (κ2) is 5.21. The molecule has 0 amide bonds. The lowest BCUT2D eigenvalue weighted by Gasteiger charge is -2.05. The van der Waals surface area contributed by atoms with E-state index < -0.39 is 0 Å². The van der Waals surface area contributed by atoms with Gasteiger partial charge in [0.2, 0.25) is 12.7 Å². The third kappa shape index (κ3) is 2.50. The van der Waals surface area contributed by atoms with Gasteiger partial charge in [-0.3, -0.25) is 0 Å². The number of rotatable bonds is 4. The van der Waals surface area contributed by atoms with Gasteiger partial charge in [-0.15, -0.1) is 11.3 Å². The summed E-state index contributed by atoms with van der Waals surface area (Å²) in [6.07, 6.45) is 2.73. The van der Waals surface area contributed by atoms with Crippen molar-refractivity contribution in [1.29, 1.82) is 0 Å². The molecule has 3 heterocycles. The minimum Gasteiger partial charge on any atom is -0.454 e. The molecule has 0 atom stereocenters. The quantitative estimate of drug-likeness (QED) is 0.802. The molecule has 0 spiro atoms. The summed E-state index contributed by atoms with van der Waals surface area (Å²) < 4.78 is 10.7. The Morgan fingerprint density at radius 2 is 2.14 bits per heavy atom. The first kappa shape index (κ1) is 12.4. The monoisotopic (exact) mass is 299 g/mol. The van der Waals surface area contributed by atoms with E-state index in [1.54, 1.807) is 11.3 Å². The molecule has 21 heavy (non-hydrogen) atoms. The molecular formula is C15H13N3O2S. The Morgan fingerprint density at radius 1 is 1.19 bits per heavy atom. The van der Waals surface area contributed by atoms with Crippen LogP contribution in [0.5, 0.6) is 11.5 Å². The molecule has 0 bridgehead atoms. The SMILES string of the molecule is c1cc2cnc(NCCc3ccc4c(c3)OCO4)nc2s1. The van der Waals surface area contributed by atoms with Gasteiger partial charge in [-0.1, -0.05) is 6.07 Å². The van der Waals surface area contributed by atoms with Crippen molar-refractivity contribution in [2.75, 3.05) is 18.7 Å². The first-order valence-electron chi connectivity index (χ1n) is 6.71. The van der Waals surface area contributed by atoms with Gasteiger partial charge in [-0.25, -0.2) is 9.97 Å². The first-order chi connectivity index (χ1) is 10.4. The number of nitrogens with one attached hydrogen (secondary N) is 1. The molecule has 5 nitrogen and oxygen atoms in total. The van der Waals surface area contributed by atoms with Crippen molar-refractivity contribution in [2.24, 2.45) is 0 Å². The van der Waals surface area contributed by atoms with Crippen LogP contribution in [0.2, 0.25) is 0 Å². The van der Waals surface area contributed by atoms with Crippen LogP contribution in [-0.2, 0) is 6.42 Å². The van der Waals surface area contributed by atoms with Gasteiger partial charge in [0.05, 0.1) is 0 Å². The smallest absolute Gasteiger partial charge is 0.231 e. The molecule has 1 aliphatic rings. The summed E-state index contributed by atoms with van der Waals surface area (Å²) in [5.74, 6) is 2.31. The second-order valence-corrected chi connectivity index (χ2v) is 5.63. The van der Waals surface area contributed by atoms with Crippen LogP contribution in [0.4, 0.5) is 5.95 Å². The summed E-state index contributed by atoms with van der Waals surface area (Å²) in [7, 11) is 0. The standard InChI is InChI=1S/C15H13N3O2S/c1-2-12-13(20-9-19-12)7-10(1)3-5-16-15-17-8-11-4-6-21-14(11)18-15/h1-2,4,6-8H,3,5,9H2,(H,16,17,18). The van der Waals surface area contributed by atoms with Gasteiger partial charge in [0, 0.05) is 18.1 Å². The normalized spacial score (nSPS) is 12.8. The number of hydrogen-bond donors (Lipinski definition) is 1. The lowest BCUT2D eigenvalue weighted by atomic mass is 10.1. The number of fused-ring (bicyclic) bond motifs is 2. The maximum Gasteiger partial charge on any atom is 0.231 e. The molecule has 1 aromatic carbocycles. The summed E-state index contributed by atoms with van der Waals surface area (Å²) in [6.45, 7) is 1.09. The largest absolute Gasteiger partial charge is 0.454 e. The van der Waals surface area contributed by atoms with Gasteiger partial charge in [0.15, 0.2) is 11.5 Å². The molecule has 0 aliphatic carbocycles. The highest BCUT2D eigenvalue weighted by Gasteiger charge is 2.12.